The van der Waals surface area contributed by atoms with E-state index in [9.17, 15) is 5.11 Å². The molecule has 4 heteroatoms. The Balaban J connectivity index is 1.82. The van der Waals surface area contributed by atoms with Crippen molar-refractivity contribution in [3.63, 3.8) is 0 Å². The fraction of sp³-hybridized carbons (Fsp3) is 0.538. The number of aliphatic hydroxyl groups is 1. The molecule has 4 N–H and O–H groups in total. The second-order valence-electron chi connectivity index (χ2n) is 4.89. The standard InChI is InChI=1S/C13H19NO3/c15-6-5-13(3-4-13)9-14-8-10-1-2-11(16)7-12(10)17/h1-2,7,14-17H,3-6,8-9H2. The smallest absolute Gasteiger partial charge is 0.123 e. The van der Waals surface area contributed by atoms with Crippen LogP contribution in [0.1, 0.15) is 24.8 Å². The van der Waals surface area contributed by atoms with Gasteiger partial charge in [-0.25, -0.2) is 0 Å². The highest BCUT2D eigenvalue weighted by atomic mass is 16.3. The molecule has 1 aliphatic carbocycles. The van der Waals surface area contributed by atoms with Gasteiger partial charge in [0.2, 0.25) is 0 Å². The van der Waals surface area contributed by atoms with Gasteiger partial charge in [-0.05, 0) is 30.7 Å². The molecule has 0 heterocycles. The van der Waals surface area contributed by atoms with Crippen LogP contribution < -0.4 is 5.32 Å². The highest BCUT2D eigenvalue weighted by Crippen LogP contribution is 2.47. The van der Waals surface area contributed by atoms with Crippen LogP contribution in [-0.4, -0.2) is 28.5 Å². The Morgan fingerprint density at radius 1 is 1.24 bits per heavy atom. The van der Waals surface area contributed by atoms with Gasteiger partial charge in [0.25, 0.3) is 0 Å². The number of aromatic hydroxyl groups is 2. The molecule has 0 atom stereocenters. The van der Waals surface area contributed by atoms with Crippen molar-refractivity contribution in [2.75, 3.05) is 13.2 Å². The van der Waals surface area contributed by atoms with Gasteiger partial charge in [0.1, 0.15) is 11.5 Å². The molecule has 1 saturated carbocycles. The van der Waals surface area contributed by atoms with Crippen LogP contribution in [0.15, 0.2) is 18.2 Å². The summed E-state index contributed by atoms with van der Waals surface area (Å²) in [4.78, 5) is 0. The summed E-state index contributed by atoms with van der Waals surface area (Å²) in [7, 11) is 0. The lowest BCUT2D eigenvalue weighted by Crippen LogP contribution is -2.24. The zero-order valence-electron chi connectivity index (χ0n) is 9.82. The van der Waals surface area contributed by atoms with Crippen molar-refractivity contribution in [1.29, 1.82) is 0 Å². The first-order valence-electron chi connectivity index (χ1n) is 5.98. The Bertz CT molecular complexity index is 388. The molecule has 0 aliphatic heterocycles. The topological polar surface area (TPSA) is 72.7 Å². The van der Waals surface area contributed by atoms with Crippen LogP contribution in [0, 0.1) is 5.41 Å². The molecule has 0 bridgehead atoms. The van der Waals surface area contributed by atoms with Crippen LogP contribution in [0.25, 0.3) is 0 Å². The first kappa shape index (κ1) is 12.2. The molecule has 17 heavy (non-hydrogen) atoms. The van der Waals surface area contributed by atoms with E-state index in [1.807, 2.05) is 0 Å². The Kier molecular flexibility index (Phi) is 3.54. The third-order valence-corrected chi connectivity index (χ3v) is 3.48. The summed E-state index contributed by atoms with van der Waals surface area (Å²) in [6.45, 7) is 1.69. The van der Waals surface area contributed by atoms with Gasteiger partial charge < -0.3 is 20.6 Å². The van der Waals surface area contributed by atoms with Crippen molar-refractivity contribution in [2.24, 2.45) is 5.41 Å². The summed E-state index contributed by atoms with van der Waals surface area (Å²) in [5.74, 6) is 0.190. The molecular formula is C13H19NO3. The first-order valence-corrected chi connectivity index (χ1v) is 5.98. The lowest BCUT2D eigenvalue weighted by molar-refractivity contribution is 0.245. The maximum Gasteiger partial charge on any atom is 0.123 e. The number of hydrogen-bond acceptors (Lipinski definition) is 4. The summed E-state index contributed by atoms with van der Waals surface area (Å²) < 4.78 is 0. The van der Waals surface area contributed by atoms with Gasteiger partial charge in [0, 0.05) is 31.3 Å². The van der Waals surface area contributed by atoms with Crippen LogP contribution in [-0.2, 0) is 6.54 Å². The van der Waals surface area contributed by atoms with Gasteiger partial charge in [-0.15, -0.1) is 0 Å². The van der Waals surface area contributed by atoms with Crippen LogP contribution in [0.3, 0.4) is 0 Å². The third-order valence-electron chi connectivity index (χ3n) is 3.48. The number of phenols is 2. The largest absolute Gasteiger partial charge is 0.508 e. The molecule has 0 unspecified atom stereocenters. The normalized spacial score (nSPS) is 17.0. The summed E-state index contributed by atoms with van der Waals surface area (Å²) in [6.07, 6.45) is 3.19. The number of hydrogen-bond donors (Lipinski definition) is 4. The van der Waals surface area contributed by atoms with Crippen molar-refractivity contribution in [1.82, 2.24) is 5.32 Å². The average Bonchev–Trinajstić information content (AvgIpc) is 3.02. The minimum atomic E-state index is 0.0743. The maximum atomic E-state index is 9.60. The fourth-order valence-electron chi connectivity index (χ4n) is 2.09. The molecule has 1 aliphatic rings. The molecule has 0 spiro atoms. The van der Waals surface area contributed by atoms with E-state index in [4.69, 9.17) is 10.2 Å². The molecule has 0 radical (unpaired) electrons. The highest BCUT2D eigenvalue weighted by molar-refractivity contribution is 5.38. The predicted octanol–water partition coefficient (Wildman–Crippen LogP) is 1.35. The Morgan fingerprint density at radius 2 is 2.00 bits per heavy atom. The molecule has 2 rings (SSSR count). The van der Waals surface area contributed by atoms with Crippen molar-refractivity contribution < 1.29 is 15.3 Å². The van der Waals surface area contributed by atoms with E-state index >= 15 is 0 Å². The van der Waals surface area contributed by atoms with E-state index in [0.717, 1.165) is 18.5 Å². The SMILES string of the molecule is OCCC1(CNCc2ccc(O)cc2O)CC1. The summed E-state index contributed by atoms with van der Waals surface area (Å²) in [5.41, 5.74) is 1.06. The van der Waals surface area contributed by atoms with E-state index in [1.54, 1.807) is 12.1 Å². The van der Waals surface area contributed by atoms with Crippen LogP contribution in [0.2, 0.25) is 0 Å². The molecule has 0 saturated heterocycles. The number of phenolic OH excluding ortho intramolecular Hbond substituents is 2. The van der Waals surface area contributed by atoms with Gasteiger partial charge in [-0.2, -0.15) is 0 Å². The number of aliphatic hydroxyl groups excluding tert-OH is 1. The van der Waals surface area contributed by atoms with Gasteiger partial charge in [0.15, 0.2) is 0 Å². The maximum absolute atomic E-state index is 9.60. The van der Waals surface area contributed by atoms with Crippen LogP contribution in [0.4, 0.5) is 0 Å². The van der Waals surface area contributed by atoms with Gasteiger partial charge in [-0.3, -0.25) is 0 Å². The van der Waals surface area contributed by atoms with E-state index in [-0.39, 0.29) is 23.5 Å². The summed E-state index contributed by atoms with van der Waals surface area (Å²) >= 11 is 0. The zero-order valence-corrected chi connectivity index (χ0v) is 9.82. The van der Waals surface area contributed by atoms with Crippen LogP contribution in [0.5, 0.6) is 11.5 Å². The second kappa shape index (κ2) is 4.94. The minimum Gasteiger partial charge on any atom is -0.508 e. The molecule has 0 aromatic heterocycles. The average molecular weight is 237 g/mol. The molecule has 0 amide bonds. The van der Waals surface area contributed by atoms with Gasteiger partial charge in [0.05, 0.1) is 0 Å². The summed E-state index contributed by atoms with van der Waals surface area (Å²) in [6, 6.07) is 4.62. The van der Waals surface area contributed by atoms with Crippen molar-refractivity contribution in [3.05, 3.63) is 23.8 Å². The predicted molar refractivity (Wildman–Crippen MR) is 64.8 cm³/mol. The Labute approximate surface area is 101 Å². The lowest BCUT2D eigenvalue weighted by atomic mass is 10.0. The molecular weight excluding hydrogens is 218 g/mol. The molecule has 1 aromatic carbocycles. The van der Waals surface area contributed by atoms with E-state index in [2.05, 4.69) is 5.32 Å². The highest BCUT2D eigenvalue weighted by Gasteiger charge is 2.41. The van der Waals surface area contributed by atoms with E-state index in [1.165, 1.54) is 18.9 Å². The number of rotatable bonds is 6. The Morgan fingerprint density at radius 3 is 2.59 bits per heavy atom. The van der Waals surface area contributed by atoms with Crippen LogP contribution >= 0.6 is 0 Å². The van der Waals surface area contributed by atoms with E-state index < -0.39 is 0 Å². The monoisotopic (exact) mass is 237 g/mol. The quantitative estimate of drug-likeness (QED) is 0.602. The number of nitrogens with one attached hydrogen (secondary N) is 1. The molecule has 1 aromatic rings. The van der Waals surface area contributed by atoms with E-state index in [0.29, 0.717) is 6.54 Å². The second-order valence-corrected chi connectivity index (χ2v) is 4.89. The molecule has 4 nitrogen and oxygen atoms in total. The summed E-state index contributed by atoms with van der Waals surface area (Å²) in [5, 5.41) is 31.0. The lowest BCUT2D eigenvalue weighted by Gasteiger charge is -2.15. The van der Waals surface area contributed by atoms with Crippen molar-refractivity contribution >= 4 is 0 Å². The third kappa shape index (κ3) is 3.11. The van der Waals surface area contributed by atoms with Gasteiger partial charge in [-0.1, -0.05) is 6.07 Å². The zero-order chi connectivity index (χ0) is 12.3. The first-order chi connectivity index (χ1) is 8.15. The van der Waals surface area contributed by atoms with Crippen molar-refractivity contribution in [3.8, 4) is 11.5 Å². The molecule has 94 valence electrons. The fourth-order valence-corrected chi connectivity index (χ4v) is 2.09. The minimum absolute atomic E-state index is 0.0743. The Hall–Kier alpha value is -1.26. The van der Waals surface area contributed by atoms with Gasteiger partial charge >= 0.3 is 0 Å². The molecule has 1 fully saturated rings. The number of benzene rings is 1. The van der Waals surface area contributed by atoms with Crippen molar-refractivity contribution in [2.45, 2.75) is 25.8 Å².